The standard InChI is InChI=1S/C15H13ClN2S/c1-8-4-5-9(2)13-12(8)14(17-18-15(13)16)11-7-6-10(3)19-11/h4-7H,1-3H3. The number of halogens is 1. The molecule has 0 spiro atoms. The normalized spacial score (nSPS) is 11.2. The summed E-state index contributed by atoms with van der Waals surface area (Å²) >= 11 is 7.96. The predicted molar refractivity (Wildman–Crippen MR) is 82.1 cm³/mol. The van der Waals surface area contributed by atoms with Gasteiger partial charge in [0, 0.05) is 15.6 Å². The van der Waals surface area contributed by atoms with E-state index in [0.717, 1.165) is 26.9 Å². The molecule has 0 unspecified atom stereocenters. The molecular weight excluding hydrogens is 276 g/mol. The molecule has 2 heterocycles. The van der Waals surface area contributed by atoms with Crippen LogP contribution in [0.5, 0.6) is 0 Å². The Labute approximate surface area is 121 Å². The second kappa shape index (κ2) is 4.58. The third-order valence-electron chi connectivity index (χ3n) is 3.28. The third kappa shape index (κ3) is 2.03. The first-order valence-corrected chi connectivity index (χ1v) is 7.26. The Balaban J connectivity index is 2.44. The number of nitrogens with zero attached hydrogens (tertiary/aromatic N) is 2. The number of aromatic nitrogens is 2. The highest BCUT2D eigenvalue weighted by Crippen LogP contribution is 2.36. The van der Waals surface area contributed by atoms with Gasteiger partial charge in [-0.1, -0.05) is 23.7 Å². The van der Waals surface area contributed by atoms with Crippen molar-refractivity contribution in [3.63, 3.8) is 0 Å². The lowest BCUT2D eigenvalue weighted by atomic mass is 10.0. The Morgan fingerprint density at radius 1 is 0.895 bits per heavy atom. The Bertz CT molecular complexity index is 769. The van der Waals surface area contributed by atoms with Crippen LogP contribution >= 0.6 is 22.9 Å². The fourth-order valence-corrected chi connectivity index (χ4v) is 3.45. The van der Waals surface area contributed by atoms with Crippen LogP contribution in [-0.4, -0.2) is 10.2 Å². The number of rotatable bonds is 1. The second-order valence-electron chi connectivity index (χ2n) is 4.70. The zero-order chi connectivity index (χ0) is 13.6. The molecule has 0 bridgehead atoms. The van der Waals surface area contributed by atoms with Crippen LogP contribution in [0.2, 0.25) is 5.15 Å². The SMILES string of the molecule is Cc1ccc(-c2nnc(Cl)c3c(C)ccc(C)c23)s1. The smallest absolute Gasteiger partial charge is 0.147 e. The van der Waals surface area contributed by atoms with E-state index in [0.29, 0.717) is 5.15 Å². The maximum absolute atomic E-state index is 6.23. The van der Waals surface area contributed by atoms with E-state index < -0.39 is 0 Å². The van der Waals surface area contributed by atoms with Crippen molar-refractivity contribution in [3.05, 3.63) is 45.4 Å². The topological polar surface area (TPSA) is 25.8 Å². The van der Waals surface area contributed by atoms with Gasteiger partial charge in [0.2, 0.25) is 0 Å². The summed E-state index contributed by atoms with van der Waals surface area (Å²) < 4.78 is 0. The molecule has 3 aromatic rings. The molecule has 0 aliphatic rings. The molecule has 3 rings (SSSR count). The van der Waals surface area contributed by atoms with Crippen molar-refractivity contribution in [3.8, 4) is 10.6 Å². The number of benzene rings is 1. The number of thiophene rings is 1. The van der Waals surface area contributed by atoms with E-state index in [1.807, 2.05) is 0 Å². The van der Waals surface area contributed by atoms with Gasteiger partial charge >= 0.3 is 0 Å². The van der Waals surface area contributed by atoms with Crippen LogP contribution in [0.1, 0.15) is 16.0 Å². The van der Waals surface area contributed by atoms with Crippen molar-refractivity contribution < 1.29 is 0 Å². The van der Waals surface area contributed by atoms with Crippen LogP contribution in [0.3, 0.4) is 0 Å². The van der Waals surface area contributed by atoms with Crippen LogP contribution in [-0.2, 0) is 0 Å². The molecule has 0 aliphatic carbocycles. The van der Waals surface area contributed by atoms with Gasteiger partial charge < -0.3 is 0 Å². The van der Waals surface area contributed by atoms with E-state index >= 15 is 0 Å². The number of hydrogen-bond donors (Lipinski definition) is 0. The van der Waals surface area contributed by atoms with E-state index in [2.05, 4.69) is 55.2 Å². The van der Waals surface area contributed by atoms with Crippen molar-refractivity contribution in [2.75, 3.05) is 0 Å². The van der Waals surface area contributed by atoms with E-state index in [4.69, 9.17) is 11.6 Å². The maximum atomic E-state index is 6.23. The van der Waals surface area contributed by atoms with E-state index in [1.165, 1.54) is 10.4 Å². The van der Waals surface area contributed by atoms with Gasteiger partial charge in [-0.3, -0.25) is 0 Å². The molecule has 2 nitrogen and oxygen atoms in total. The van der Waals surface area contributed by atoms with Gasteiger partial charge in [0.05, 0.1) is 4.88 Å². The molecule has 0 fully saturated rings. The highest BCUT2D eigenvalue weighted by Gasteiger charge is 2.14. The Morgan fingerprint density at radius 3 is 2.21 bits per heavy atom. The van der Waals surface area contributed by atoms with E-state index in [9.17, 15) is 0 Å². The Hall–Kier alpha value is -1.45. The molecule has 0 atom stereocenters. The minimum absolute atomic E-state index is 0.480. The molecule has 1 aromatic carbocycles. The van der Waals surface area contributed by atoms with Crippen molar-refractivity contribution in [1.29, 1.82) is 0 Å². The minimum atomic E-state index is 0.480. The molecule has 19 heavy (non-hydrogen) atoms. The van der Waals surface area contributed by atoms with Crippen molar-refractivity contribution in [1.82, 2.24) is 10.2 Å². The lowest BCUT2D eigenvalue weighted by Gasteiger charge is -2.10. The van der Waals surface area contributed by atoms with E-state index in [1.54, 1.807) is 11.3 Å². The van der Waals surface area contributed by atoms with Crippen LogP contribution in [0.15, 0.2) is 24.3 Å². The molecule has 2 aromatic heterocycles. The van der Waals surface area contributed by atoms with Crippen LogP contribution in [0.4, 0.5) is 0 Å². The average Bonchev–Trinajstić information content (AvgIpc) is 2.80. The summed E-state index contributed by atoms with van der Waals surface area (Å²) in [5, 5.41) is 11.0. The summed E-state index contributed by atoms with van der Waals surface area (Å²) in [4.78, 5) is 2.41. The molecule has 4 heteroatoms. The Morgan fingerprint density at radius 2 is 1.58 bits per heavy atom. The van der Waals surface area contributed by atoms with Crippen molar-refractivity contribution in [2.45, 2.75) is 20.8 Å². The second-order valence-corrected chi connectivity index (χ2v) is 6.34. The predicted octanol–water partition coefficient (Wildman–Crippen LogP) is 4.94. The summed E-state index contributed by atoms with van der Waals surface area (Å²) in [6, 6.07) is 8.39. The third-order valence-corrected chi connectivity index (χ3v) is 4.55. The molecule has 0 saturated heterocycles. The largest absolute Gasteiger partial charge is 0.159 e. The minimum Gasteiger partial charge on any atom is -0.147 e. The lowest BCUT2D eigenvalue weighted by molar-refractivity contribution is 1.06. The lowest BCUT2D eigenvalue weighted by Crippen LogP contribution is -1.94. The zero-order valence-electron chi connectivity index (χ0n) is 11.0. The Kier molecular flexibility index (Phi) is 3.03. The highest BCUT2D eigenvalue weighted by molar-refractivity contribution is 7.15. The van der Waals surface area contributed by atoms with Gasteiger partial charge in [0.1, 0.15) is 5.69 Å². The average molecular weight is 289 g/mol. The maximum Gasteiger partial charge on any atom is 0.159 e. The van der Waals surface area contributed by atoms with Gasteiger partial charge in [0.25, 0.3) is 0 Å². The number of aryl methyl sites for hydroxylation is 3. The van der Waals surface area contributed by atoms with Crippen molar-refractivity contribution >= 4 is 33.7 Å². The zero-order valence-corrected chi connectivity index (χ0v) is 12.6. The van der Waals surface area contributed by atoms with Crippen molar-refractivity contribution in [2.24, 2.45) is 0 Å². The first kappa shape index (κ1) is 12.6. The van der Waals surface area contributed by atoms with Gasteiger partial charge in [-0.2, -0.15) is 0 Å². The number of hydrogen-bond acceptors (Lipinski definition) is 3. The fraction of sp³-hybridized carbons (Fsp3) is 0.200. The molecule has 0 radical (unpaired) electrons. The fourth-order valence-electron chi connectivity index (χ4n) is 2.31. The monoisotopic (exact) mass is 288 g/mol. The summed E-state index contributed by atoms with van der Waals surface area (Å²) in [6.45, 7) is 6.24. The van der Waals surface area contributed by atoms with Gasteiger partial charge in [-0.05, 0) is 44.0 Å². The van der Waals surface area contributed by atoms with E-state index in [-0.39, 0.29) is 0 Å². The summed E-state index contributed by atoms with van der Waals surface area (Å²) in [6.07, 6.45) is 0. The summed E-state index contributed by atoms with van der Waals surface area (Å²) in [5.74, 6) is 0. The molecule has 96 valence electrons. The van der Waals surface area contributed by atoms with Gasteiger partial charge in [0.15, 0.2) is 5.15 Å². The number of fused-ring (bicyclic) bond motifs is 1. The van der Waals surface area contributed by atoms with Gasteiger partial charge in [-0.15, -0.1) is 21.5 Å². The van der Waals surface area contributed by atoms with Crippen LogP contribution in [0.25, 0.3) is 21.3 Å². The van der Waals surface area contributed by atoms with Gasteiger partial charge in [-0.25, -0.2) is 0 Å². The first-order chi connectivity index (χ1) is 9.08. The van der Waals surface area contributed by atoms with Crippen LogP contribution in [0, 0.1) is 20.8 Å². The summed E-state index contributed by atoms with van der Waals surface area (Å²) in [5.41, 5.74) is 3.24. The van der Waals surface area contributed by atoms with Crippen LogP contribution < -0.4 is 0 Å². The molecule has 0 amide bonds. The molecular formula is C15H13ClN2S. The highest BCUT2D eigenvalue weighted by atomic mass is 35.5. The molecule has 0 aliphatic heterocycles. The summed E-state index contributed by atoms with van der Waals surface area (Å²) in [7, 11) is 0. The quantitative estimate of drug-likeness (QED) is 0.634. The molecule has 0 saturated carbocycles. The molecule has 0 N–H and O–H groups in total. The first-order valence-electron chi connectivity index (χ1n) is 6.07.